The minimum atomic E-state index is -0.539. The Kier molecular flexibility index (Phi) is 10.8. The Balaban J connectivity index is 0.00000210. The minimum absolute atomic E-state index is 0. The van der Waals surface area contributed by atoms with Crippen LogP contribution in [0.15, 0.2) is 54.6 Å². The number of anilines is 2. The van der Waals surface area contributed by atoms with Crippen molar-refractivity contribution in [2.45, 2.75) is 13.0 Å². The van der Waals surface area contributed by atoms with Crippen LogP contribution in [-0.4, -0.2) is 61.3 Å². The first-order valence-corrected chi connectivity index (χ1v) is 9.31. The number of aliphatic hydroxyl groups excluding tert-OH is 1. The molecule has 1 aliphatic heterocycles. The number of β-amino-alcohol motifs (C(OH)–C–C–N with tert-alkyl or cyclic N) is 1. The normalized spacial score (nSPS) is 14.9. The second-order valence-corrected chi connectivity index (χ2v) is 6.79. The first-order chi connectivity index (χ1) is 13.1. The molecule has 0 radical (unpaired) electrons. The van der Waals surface area contributed by atoms with Gasteiger partial charge in [0.05, 0.1) is 0 Å². The number of nitrogens with zero attached hydrogens (tertiary/aromatic N) is 2. The van der Waals surface area contributed by atoms with Gasteiger partial charge >= 0.3 is 0 Å². The summed E-state index contributed by atoms with van der Waals surface area (Å²) in [6.07, 6.45) is -0.539. The number of nitrogens with one attached hydrogen (secondary N) is 1. The number of aliphatic hydroxyl groups is 1. The molecular weight excluding hydrogens is 413 g/mol. The summed E-state index contributed by atoms with van der Waals surface area (Å²) in [5.41, 5.74) is 1.98. The molecule has 1 atom stereocenters. The van der Waals surface area contributed by atoms with E-state index in [4.69, 9.17) is 4.74 Å². The Morgan fingerprint density at radius 1 is 1.03 bits per heavy atom. The monoisotopic (exact) mass is 441 g/mol. The molecule has 29 heavy (non-hydrogen) atoms. The van der Waals surface area contributed by atoms with E-state index in [9.17, 15) is 9.90 Å². The zero-order chi connectivity index (χ0) is 19.1. The van der Waals surface area contributed by atoms with E-state index in [1.54, 1.807) is 24.3 Å². The highest BCUT2D eigenvalue weighted by Gasteiger charge is 2.19. The van der Waals surface area contributed by atoms with Gasteiger partial charge in [-0.25, -0.2) is 0 Å². The van der Waals surface area contributed by atoms with E-state index in [0.29, 0.717) is 12.3 Å². The zero-order valence-corrected chi connectivity index (χ0v) is 18.1. The van der Waals surface area contributed by atoms with Crippen LogP contribution in [0.25, 0.3) is 0 Å². The number of piperazine rings is 1. The Hall–Kier alpha value is -1.99. The smallest absolute Gasteiger partial charge is 0.221 e. The molecule has 2 aromatic carbocycles. The van der Waals surface area contributed by atoms with E-state index in [0.717, 1.165) is 31.9 Å². The largest absolute Gasteiger partial charge is 0.491 e. The van der Waals surface area contributed by atoms with Gasteiger partial charge in [-0.1, -0.05) is 18.2 Å². The average Bonchev–Trinajstić information content (AvgIpc) is 2.68. The van der Waals surface area contributed by atoms with Gasteiger partial charge in [-0.3, -0.25) is 9.69 Å². The summed E-state index contributed by atoms with van der Waals surface area (Å²) in [5.74, 6) is 0.573. The van der Waals surface area contributed by atoms with Gasteiger partial charge in [0.1, 0.15) is 18.5 Å². The van der Waals surface area contributed by atoms with Crippen LogP contribution in [0.1, 0.15) is 6.92 Å². The molecule has 1 fully saturated rings. The van der Waals surface area contributed by atoms with Crippen LogP contribution >= 0.6 is 24.8 Å². The van der Waals surface area contributed by atoms with Gasteiger partial charge in [0.2, 0.25) is 5.91 Å². The molecule has 2 N–H and O–H groups in total. The van der Waals surface area contributed by atoms with Gasteiger partial charge in [-0.2, -0.15) is 0 Å². The Labute approximate surface area is 184 Å². The summed E-state index contributed by atoms with van der Waals surface area (Å²) < 4.78 is 5.66. The third-order valence-electron chi connectivity index (χ3n) is 4.58. The van der Waals surface area contributed by atoms with Crippen LogP contribution in [-0.2, 0) is 4.79 Å². The first-order valence-electron chi connectivity index (χ1n) is 9.31. The molecule has 0 aliphatic carbocycles. The van der Waals surface area contributed by atoms with E-state index in [-0.39, 0.29) is 37.3 Å². The maximum absolute atomic E-state index is 11.0. The van der Waals surface area contributed by atoms with Crippen LogP contribution in [0, 0.1) is 0 Å². The standard InChI is InChI=1S/C21H27N3O3.2ClH/c1-17(25)22-18-7-9-21(10-8-18)27-16-20(26)15-23-11-13-24(14-12-23)19-5-3-2-4-6-19;;/h2-10,20,26H,11-16H2,1H3,(H,22,25);2*1H. The fourth-order valence-corrected chi connectivity index (χ4v) is 3.21. The lowest BCUT2D eigenvalue weighted by Crippen LogP contribution is -2.49. The lowest BCUT2D eigenvalue weighted by Gasteiger charge is -2.36. The molecule has 0 saturated carbocycles. The Bertz CT molecular complexity index is 724. The van der Waals surface area contributed by atoms with Crippen molar-refractivity contribution in [1.29, 1.82) is 0 Å². The van der Waals surface area contributed by atoms with Crippen molar-refractivity contribution in [1.82, 2.24) is 4.90 Å². The molecule has 1 unspecified atom stereocenters. The number of hydrogen-bond donors (Lipinski definition) is 2. The third-order valence-corrected chi connectivity index (χ3v) is 4.58. The number of ether oxygens (including phenoxy) is 1. The van der Waals surface area contributed by atoms with Crippen LogP contribution in [0.4, 0.5) is 11.4 Å². The first kappa shape index (κ1) is 25.0. The van der Waals surface area contributed by atoms with Gasteiger partial charge in [-0.15, -0.1) is 24.8 Å². The molecule has 0 bridgehead atoms. The topological polar surface area (TPSA) is 65.0 Å². The van der Waals surface area contributed by atoms with Crippen LogP contribution in [0.5, 0.6) is 5.75 Å². The number of hydrogen-bond acceptors (Lipinski definition) is 5. The number of para-hydroxylation sites is 1. The zero-order valence-electron chi connectivity index (χ0n) is 16.5. The second-order valence-electron chi connectivity index (χ2n) is 6.79. The van der Waals surface area contributed by atoms with Crippen molar-refractivity contribution >= 4 is 42.1 Å². The fraction of sp³-hybridized carbons (Fsp3) is 0.381. The number of carbonyl (C=O) groups excluding carboxylic acids is 1. The van der Waals surface area contributed by atoms with Crippen molar-refractivity contribution in [2.75, 3.05) is 49.5 Å². The molecule has 1 aliphatic rings. The van der Waals surface area contributed by atoms with Gasteiger partial charge < -0.3 is 20.1 Å². The molecule has 2 aromatic rings. The van der Waals surface area contributed by atoms with E-state index in [2.05, 4.69) is 39.4 Å². The molecule has 1 saturated heterocycles. The maximum Gasteiger partial charge on any atom is 0.221 e. The van der Waals surface area contributed by atoms with Crippen molar-refractivity contribution in [3.63, 3.8) is 0 Å². The van der Waals surface area contributed by atoms with Crippen LogP contribution < -0.4 is 15.0 Å². The summed E-state index contributed by atoms with van der Waals surface area (Å²) in [6, 6.07) is 17.6. The lowest BCUT2D eigenvalue weighted by molar-refractivity contribution is -0.114. The number of rotatable bonds is 7. The summed E-state index contributed by atoms with van der Waals surface area (Å²) in [6.45, 7) is 6.10. The van der Waals surface area contributed by atoms with E-state index < -0.39 is 6.10 Å². The van der Waals surface area contributed by atoms with Gasteiger partial charge in [-0.05, 0) is 36.4 Å². The molecule has 160 valence electrons. The highest BCUT2D eigenvalue weighted by atomic mass is 35.5. The molecule has 1 heterocycles. The van der Waals surface area contributed by atoms with Gasteiger partial charge in [0.25, 0.3) is 0 Å². The number of amides is 1. The van der Waals surface area contributed by atoms with Crippen molar-refractivity contribution in [3.8, 4) is 5.75 Å². The minimum Gasteiger partial charge on any atom is -0.491 e. The highest BCUT2D eigenvalue weighted by molar-refractivity contribution is 5.88. The van der Waals surface area contributed by atoms with E-state index in [1.165, 1.54) is 12.6 Å². The quantitative estimate of drug-likeness (QED) is 0.690. The van der Waals surface area contributed by atoms with E-state index >= 15 is 0 Å². The van der Waals surface area contributed by atoms with Crippen LogP contribution in [0.2, 0.25) is 0 Å². The molecule has 0 spiro atoms. The second kappa shape index (κ2) is 12.5. The fourth-order valence-electron chi connectivity index (χ4n) is 3.21. The number of benzene rings is 2. The highest BCUT2D eigenvalue weighted by Crippen LogP contribution is 2.17. The van der Waals surface area contributed by atoms with Crippen molar-refractivity contribution in [2.24, 2.45) is 0 Å². The lowest BCUT2D eigenvalue weighted by atomic mass is 10.2. The molecule has 6 nitrogen and oxygen atoms in total. The van der Waals surface area contributed by atoms with Crippen molar-refractivity contribution < 1.29 is 14.6 Å². The SMILES string of the molecule is CC(=O)Nc1ccc(OCC(O)CN2CCN(c3ccccc3)CC2)cc1.Cl.Cl. The van der Waals surface area contributed by atoms with Gasteiger partial charge in [0.15, 0.2) is 0 Å². The summed E-state index contributed by atoms with van der Waals surface area (Å²) in [5, 5.41) is 13.0. The molecule has 0 aromatic heterocycles. The molecule has 8 heteroatoms. The average molecular weight is 442 g/mol. The number of halogens is 2. The summed E-state index contributed by atoms with van der Waals surface area (Å²) >= 11 is 0. The van der Waals surface area contributed by atoms with E-state index in [1.807, 2.05) is 6.07 Å². The molecule has 3 rings (SSSR count). The Morgan fingerprint density at radius 2 is 1.66 bits per heavy atom. The summed E-state index contributed by atoms with van der Waals surface area (Å²) in [7, 11) is 0. The van der Waals surface area contributed by atoms with Gasteiger partial charge in [0, 0.05) is 51.0 Å². The third kappa shape index (κ3) is 8.11. The molecular formula is C21H29Cl2N3O3. The molecule has 1 amide bonds. The van der Waals surface area contributed by atoms with Crippen molar-refractivity contribution in [3.05, 3.63) is 54.6 Å². The predicted octanol–water partition coefficient (Wildman–Crippen LogP) is 3.05. The number of carbonyl (C=O) groups is 1. The van der Waals surface area contributed by atoms with Crippen LogP contribution in [0.3, 0.4) is 0 Å². The maximum atomic E-state index is 11.0. The Morgan fingerprint density at radius 3 is 2.24 bits per heavy atom. The summed E-state index contributed by atoms with van der Waals surface area (Å²) in [4.78, 5) is 15.7. The predicted molar refractivity (Wildman–Crippen MR) is 122 cm³/mol.